The number of nitrogens with zero attached hydrogens (tertiary/aromatic N) is 1. The molecule has 1 aliphatic rings. The highest BCUT2D eigenvalue weighted by molar-refractivity contribution is 8.03. The molecule has 1 aliphatic heterocycles. The van der Waals surface area contributed by atoms with E-state index in [0.29, 0.717) is 27.9 Å². The number of amides is 2. The minimum atomic E-state index is -0.967. The van der Waals surface area contributed by atoms with Gasteiger partial charge in [-0.15, -0.1) is 0 Å². The van der Waals surface area contributed by atoms with E-state index in [1.165, 1.54) is 6.07 Å². The largest absolute Gasteiger partial charge is 0.497 e. The smallest absolute Gasteiger partial charge is 0.254 e. The molecule has 0 bridgehead atoms. The van der Waals surface area contributed by atoms with Crippen LogP contribution in [0.25, 0.3) is 0 Å². The Labute approximate surface area is 230 Å². The molecule has 4 rings (SSSR count). The molecule has 0 saturated heterocycles. The molecule has 1 heterocycles. The molecule has 198 valence electrons. The molecule has 9 heteroatoms. The summed E-state index contributed by atoms with van der Waals surface area (Å²) in [6, 6.07) is 22.5. The molecule has 3 aromatic carbocycles. The standard InChI is InChI=1S/C30H27FN4O3S/c1-18-9-4-7-14-25(18)35-29(37)27-19(2)33-30(23(16-32)28(27)22-12-5-6-13-24(22)31)39-17-26(36)34-20-10-8-11-21(15-20)38-3/h4-15,28,33H,17H2,1-3H3,(H,34,36)(H,35,37)/t28-/m1/s1. The maximum absolute atomic E-state index is 15.1. The Hall–Kier alpha value is -4.55. The number of aryl methyl sites for hydroxylation is 1. The first-order valence-corrected chi connectivity index (χ1v) is 13.1. The summed E-state index contributed by atoms with van der Waals surface area (Å²) in [4.78, 5) is 26.3. The molecule has 0 unspecified atom stereocenters. The predicted molar refractivity (Wildman–Crippen MR) is 152 cm³/mol. The van der Waals surface area contributed by atoms with Crippen LogP contribution in [0.3, 0.4) is 0 Å². The van der Waals surface area contributed by atoms with E-state index in [-0.39, 0.29) is 28.4 Å². The lowest BCUT2D eigenvalue weighted by Gasteiger charge is -2.30. The van der Waals surface area contributed by atoms with Crippen molar-refractivity contribution in [2.45, 2.75) is 19.8 Å². The fourth-order valence-electron chi connectivity index (χ4n) is 4.29. The van der Waals surface area contributed by atoms with Crippen molar-refractivity contribution in [2.24, 2.45) is 0 Å². The molecule has 2 amide bonds. The third-order valence-electron chi connectivity index (χ3n) is 6.20. The van der Waals surface area contributed by atoms with E-state index in [1.807, 2.05) is 25.1 Å². The van der Waals surface area contributed by atoms with Crippen LogP contribution in [0.1, 0.15) is 24.0 Å². The van der Waals surface area contributed by atoms with Crippen molar-refractivity contribution in [1.29, 1.82) is 5.26 Å². The van der Waals surface area contributed by atoms with Gasteiger partial charge in [-0.3, -0.25) is 9.59 Å². The van der Waals surface area contributed by atoms with Gasteiger partial charge in [0.05, 0.1) is 35.5 Å². The summed E-state index contributed by atoms with van der Waals surface area (Å²) < 4.78 is 20.3. The van der Waals surface area contributed by atoms with Crippen LogP contribution in [0.2, 0.25) is 0 Å². The highest BCUT2D eigenvalue weighted by atomic mass is 32.2. The van der Waals surface area contributed by atoms with E-state index in [9.17, 15) is 14.9 Å². The number of thioether (sulfide) groups is 1. The number of halogens is 1. The van der Waals surface area contributed by atoms with Crippen LogP contribution in [-0.2, 0) is 9.59 Å². The molecule has 39 heavy (non-hydrogen) atoms. The lowest BCUT2D eigenvalue weighted by atomic mass is 9.82. The highest BCUT2D eigenvalue weighted by Crippen LogP contribution is 2.42. The van der Waals surface area contributed by atoms with E-state index in [0.717, 1.165) is 17.3 Å². The second kappa shape index (κ2) is 12.3. The maximum Gasteiger partial charge on any atom is 0.254 e. The number of ether oxygens (including phenoxy) is 1. The van der Waals surface area contributed by atoms with Gasteiger partial charge in [0.15, 0.2) is 0 Å². The van der Waals surface area contributed by atoms with Crippen LogP contribution in [0.4, 0.5) is 15.8 Å². The summed E-state index contributed by atoms with van der Waals surface area (Å²) in [7, 11) is 1.54. The van der Waals surface area contributed by atoms with Gasteiger partial charge < -0.3 is 20.7 Å². The van der Waals surface area contributed by atoms with E-state index in [2.05, 4.69) is 22.0 Å². The number of carbonyl (C=O) groups is 2. The van der Waals surface area contributed by atoms with Gasteiger partial charge in [-0.2, -0.15) is 5.26 Å². The Bertz CT molecular complexity index is 1530. The number of hydrogen-bond donors (Lipinski definition) is 3. The summed E-state index contributed by atoms with van der Waals surface area (Å²) in [5.41, 5.74) is 3.09. The second-order valence-corrected chi connectivity index (χ2v) is 9.80. The first-order valence-electron chi connectivity index (χ1n) is 12.1. The normalized spacial score (nSPS) is 14.8. The highest BCUT2D eigenvalue weighted by Gasteiger charge is 2.36. The molecule has 3 N–H and O–H groups in total. The number of dihydropyridines is 1. The SMILES string of the molecule is COc1cccc(NC(=O)CSC2=C(C#N)[C@@H](c3ccccc3F)C(C(=O)Nc3ccccc3C)=C(C)N2)c1. The molecule has 0 aliphatic carbocycles. The van der Waals surface area contributed by atoms with Crippen molar-refractivity contribution in [3.63, 3.8) is 0 Å². The third-order valence-corrected chi connectivity index (χ3v) is 7.22. The molecular weight excluding hydrogens is 515 g/mol. The second-order valence-electron chi connectivity index (χ2n) is 8.81. The third kappa shape index (κ3) is 6.30. The number of anilines is 2. The number of hydrogen-bond acceptors (Lipinski definition) is 6. The van der Waals surface area contributed by atoms with Crippen molar-refractivity contribution in [2.75, 3.05) is 23.5 Å². The van der Waals surface area contributed by atoms with Gasteiger partial charge in [0.1, 0.15) is 11.6 Å². The van der Waals surface area contributed by atoms with Crippen LogP contribution < -0.4 is 20.7 Å². The molecule has 0 fully saturated rings. The van der Waals surface area contributed by atoms with Crippen LogP contribution in [0.15, 0.2) is 94.7 Å². The van der Waals surface area contributed by atoms with Gasteiger partial charge in [-0.1, -0.05) is 54.2 Å². The molecule has 0 aromatic heterocycles. The Balaban J connectivity index is 1.64. The number of methoxy groups -OCH3 is 1. The monoisotopic (exact) mass is 542 g/mol. The fraction of sp³-hybridized carbons (Fsp3) is 0.167. The van der Waals surface area contributed by atoms with Gasteiger partial charge in [0, 0.05) is 34.3 Å². The van der Waals surface area contributed by atoms with E-state index >= 15 is 4.39 Å². The summed E-state index contributed by atoms with van der Waals surface area (Å²) >= 11 is 1.11. The van der Waals surface area contributed by atoms with E-state index < -0.39 is 17.6 Å². The number of carbonyl (C=O) groups excluding carboxylic acids is 2. The first-order chi connectivity index (χ1) is 18.8. The van der Waals surface area contributed by atoms with Gasteiger partial charge in [-0.25, -0.2) is 4.39 Å². The number of benzene rings is 3. The summed E-state index contributed by atoms with van der Waals surface area (Å²) in [6.45, 7) is 3.57. The van der Waals surface area contributed by atoms with Gasteiger partial charge in [0.25, 0.3) is 5.91 Å². The number of para-hydroxylation sites is 1. The lowest BCUT2D eigenvalue weighted by molar-refractivity contribution is -0.114. The Morgan fingerprint density at radius 3 is 2.51 bits per heavy atom. The molecular formula is C30H27FN4O3S. The minimum Gasteiger partial charge on any atom is -0.497 e. The first kappa shape index (κ1) is 27.5. The van der Waals surface area contributed by atoms with Crippen LogP contribution in [-0.4, -0.2) is 24.7 Å². The van der Waals surface area contributed by atoms with Crippen LogP contribution >= 0.6 is 11.8 Å². The van der Waals surface area contributed by atoms with Gasteiger partial charge in [-0.05, 0) is 43.7 Å². The minimum absolute atomic E-state index is 0.0211. The van der Waals surface area contributed by atoms with E-state index in [1.54, 1.807) is 62.6 Å². The molecule has 1 atom stereocenters. The molecule has 0 saturated carbocycles. The molecule has 0 radical (unpaired) electrons. The quantitative estimate of drug-likeness (QED) is 0.330. The van der Waals surface area contributed by atoms with Crippen molar-refractivity contribution in [1.82, 2.24) is 5.32 Å². The lowest BCUT2D eigenvalue weighted by Crippen LogP contribution is -2.31. The van der Waals surface area contributed by atoms with Crippen molar-refractivity contribution in [3.8, 4) is 11.8 Å². The molecule has 7 nitrogen and oxygen atoms in total. The zero-order valence-corrected chi connectivity index (χ0v) is 22.5. The average molecular weight is 543 g/mol. The summed E-state index contributed by atoms with van der Waals surface area (Å²) in [6.07, 6.45) is 0. The topological polar surface area (TPSA) is 103 Å². The Morgan fingerprint density at radius 1 is 1.05 bits per heavy atom. The fourth-order valence-corrected chi connectivity index (χ4v) is 5.18. The summed E-state index contributed by atoms with van der Waals surface area (Å²) in [5.74, 6) is -1.67. The van der Waals surface area contributed by atoms with Crippen molar-refractivity contribution < 1.29 is 18.7 Å². The van der Waals surface area contributed by atoms with Crippen LogP contribution in [0.5, 0.6) is 5.75 Å². The van der Waals surface area contributed by atoms with Gasteiger partial charge >= 0.3 is 0 Å². The molecule has 3 aromatic rings. The molecule has 0 spiro atoms. The zero-order valence-electron chi connectivity index (χ0n) is 21.7. The maximum atomic E-state index is 15.1. The number of allylic oxidation sites excluding steroid dienone is 2. The number of nitriles is 1. The number of nitrogens with one attached hydrogen (secondary N) is 3. The van der Waals surface area contributed by atoms with Crippen LogP contribution in [0, 0.1) is 24.1 Å². The van der Waals surface area contributed by atoms with Crippen molar-refractivity contribution >= 4 is 35.0 Å². The summed E-state index contributed by atoms with van der Waals surface area (Å²) in [5, 5.41) is 19.4. The van der Waals surface area contributed by atoms with E-state index in [4.69, 9.17) is 4.74 Å². The van der Waals surface area contributed by atoms with Crippen molar-refractivity contribution in [3.05, 3.63) is 112 Å². The Kier molecular flexibility index (Phi) is 8.69. The average Bonchev–Trinajstić information content (AvgIpc) is 2.93. The van der Waals surface area contributed by atoms with Gasteiger partial charge in [0.2, 0.25) is 5.91 Å². The zero-order chi connectivity index (χ0) is 27.9. The number of rotatable bonds is 8. The Morgan fingerprint density at radius 2 is 1.79 bits per heavy atom. The predicted octanol–water partition coefficient (Wildman–Crippen LogP) is 5.85.